The zero-order valence-electron chi connectivity index (χ0n) is 30.9. The predicted octanol–water partition coefficient (Wildman–Crippen LogP) is 4.32. The maximum Gasteiger partial charge on any atom is 0.253 e. The molecule has 0 fully saturated rings. The van der Waals surface area contributed by atoms with Crippen molar-refractivity contribution in [2.75, 3.05) is 40.3 Å². The molecule has 292 valence electrons. The van der Waals surface area contributed by atoms with Crippen LogP contribution in [0.3, 0.4) is 0 Å². The van der Waals surface area contributed by atoms with Gasteiger partial charge in [0.1, 0.15) is 11.6 Å². The van der Waals surface area contributed by atoms with Gasteiger partial charge < -0.3 is 15.3 Å². The van der Waals surface area contributed by atoms with Gasteiger partial charge in [0.05, 0.1) is 22.8 Å². The van der Waals surface area contributed by atoms with E-state index in [9.17, 15) is 40.3 Å². The van der Waals surface area contributed by atoms with Crippen LogP contribution in [0.2, 0.25) is 0 Å². The lowest BCUT2D eigenvalue weighted by Crippen LogP contribution is -2.53. The topological polar surface area (TPSA) is 156 Å². The molecule has 0 aliphatic heterocycles. The first-order valence-corrected chi connectivity index (χ1v) is 20.7. The van der Waals surface area contributed by atoms with E-state index in [2.05, 4.69) is 10.1 Å². The first-order chi connectivity index (χ1) is 25.0. The summed E-state index contributed by atoms with van der Waals surface area (Å²) >= 11 is 0. The lowest BCUT2D eigenvalue weighted by atomic mass is 9.99. The Hall–Kier alpha value is -3.80. The number of aliphatic hydroxyl groups is 1. The highest BCUT2D eigenvalue weighted by Crippen LogP contribution is 2.21. The molecule has 3 aromatic carbocycles. The highest BCUT2D eigenvalue weighted by molar-refractivity contribution is 7.89. The van der Waals surface area contributed by atoms with Gasteiger partial charge in [-0.2, -0.15) is 0 Å². The standard InChI is InChI=1S/C37H51F2N5O7S2/c1-6-9-17-44(41-52(48,49)26-27-13-11-10-12-14-27)25-35(45)34(20-28-18-31(38)24-32(39)19-28)40-36(46)29-21-30(37(47)43(15-7-2)16-8-3)23-33(22-29)53(50,51)42(4)5/h10-14,18-19,21-24,34-35,41,45H,6-9,15-17,20,25-26H2,1-5H3,(H,40,46). The molecule has 3 rings (SSSR count). The van der Waals surface area contributed by atoms with E-state index in [1.54, 1.807) is 35.2 Å². The van der Waals surface area contributed by atoms with Crippen LogP contribution in [0.4, 0.5) is 8.78 Å². The molecule has 0 aliphatic rings. The van der Waals surface area contributed by atoms with E-state index in [1.807, 2.05) is 20.8 Å². The van der Waals surface area contributed by atoms with Gasteiger partial charge in [-0.25, -0.2) is 34.9 Å². The number of unbranched alkanes of at least 4 members (excludes halogenated alkanes) is 1. The van der Waals surface area contributed by atoms with E-state index in [0.29, 0.717) is 50.4 Å². The van der Waals surface area contributed by atoms with E-state index in [0.717, 1.165) is 22.5 Å². The Balaban J connectivity index is 2.03. The van der Waals surface area contributed by atoms with Gasteiger partial charge in [-0.15, -0.1) is 4.83 Å². The minimum atomic E-state index is -4.13. The molecule has 0 saturated heterocycles. The fourth-order valence-corrected chi connectivity index (χ4v) is 7.90. The zero-order chi connectivity index (χ0) is 39.3. The van der Waals surface area contributed by atoms with Crippen molar-refractivity contribution in [2.45, 2.75) is 75.7 Å². The minimum Gasteiger partial charge on any atom is -0.390 e. The van der Waals surface area contributed by atoms with Crippen molar-refractivity contribution < 1.29 is 40.3 Å². The van der Waals surface area contributed by atoms with E-state index in [-0.39, 0.29) is 46.8 Å². The average Bonchev–Trinajstić information content (AvgIpc) is 3.09. The van der Waals surface area contributed by atoms with E-state index in [1.165, 1.54) is 31.2 Å². The fourth-order valence-electron chi connectivity index (χ4n) is 5.67. The Morgan fingerprint density at radius 3 is 1.96 bits per heavy atom. The Bertz CT molecular complexity index is 1870. The molecule has 2 atom stereocenters. The van der Waals surface area contributed by atoms with Gasteiger partial charge >= 0.3 is 0 Å². The van der Waals surface area contributed by atoms with Gasteiger partial charge in [0.15, 0.2) is 0 Å². The number of rotatable bonds is 21. The number of carbonyl (C=O) groups is 2. The summed E-state index contributed by atoms with van der Waals surface area (Å²) in [6.07, 6.45) is 0.725. The smallest absolute Gasteiger partial charge is 0.253 e. The molecule has 16 heteroatoms. The second-order valence-electron chi connectivity index (χ2n) is 13.1. The van der Waals surface area contributed by atoms with Crippen LogP contribution in [0.1, 0.15) is 78.3 Å². The van der Waals surface area contributed by atoms with Crippen molar-refractivity contribution in [2.24, 2.45) is 0 Å². The van der Waals surface area contributed by atoms with Crippen LogP contribution in [-0.4, -0.2) is 100 Å². The maximum atomic E-state index is 14.3. The van der Waals surface area contributed by atoms with Crippen LogP contribution in [0.25, 0.3) is 0 Å². The molecule has 2 amide bonds. The number of hydrazine groups is 1. The summed E-state index contributed by atoms with van der Waals surface area (Å²) in [7, 11) is -5.45. The molecule has 0 saturated carbocycles. The summed E-state index contributed by atoms with van der Waals surface area (Å²) in [6.45, 7) is 6.37. The van der Waals surface area contributed by atoms with Crippen molar-refractivity contribution in [3.05, 3.63) is 101 Å². The van der Waals surface area contributed by atoms with E-state index in [4.69, 9.17) is 0 Å². The molecular formula is C37H51F2N5O7S2. The third-order valence-electron chi connectivity index (χ3n) is 8.28. The van der Waals surface area contributed by atoms with Crippen molar-refractivity contribution in [1.82, 2.24) is 24.4 Å². The molecule has 3 N–H and O–H groups in total. The zero-order valence-corrected chi connectivity index (χ0v) is 32.5. The Kier molecular flexibility index (Phi) is 16.5. The van der Waals surface area contributed by atoms with Crippen LogP contribution < -0.4 is 10.1 Å². The molecule has 2 unspecified atom stereocenters. The summed E-state index contributed by atoms with van der Waals surface area (Å²) in [5.41, 5.74) is 0.380. The van der Waals surface area contributed by atoms with E-state index < -0.39 is 55.6 Å². The molecule has 0 aromatic heterocycles. The van der Waals surface area contributed by atoms with Crippen molar-refractivity contribution in [3.63, 3.8) is 0 Å². The van der Waals surface area contributed by atoms with Gasteiger partial charge in [-0.1, -0.05) is 57.5 Å². The van der Waals surface area contributed by atoms with Gasteiger partial charge in [-0.05, 0) is 67.1 Å². The van der Waals surface area contributed by atoms with Crippen molar-refractivity contribution >= 4 is 31.9 Å². The minimum absolute atomic E-state index is 0.0390. The summed E-state index contributed by atoms with van der Waals surface area (Å²) in [6, 6.07) is 13.6. The molecule has 0 radical (unpaired) electrons. The number of carbonyl (C=O) groups excluding carboxylic acids is 2. The van der Waals surface area contributed by atoms with Crippen LogP contribution in [0, 0.1) is 11.6 Å². The number of benzene rings is 3. The van der Waals surface area contributed by atoms with Crippen LogP contribution >= 0.6 is 0 Å². The molecular weight excluding hydrogens is 729 g/mol. The maximum absolute atomic E-state index is 14.3. The monoisotopic (exact) mass is 779 g/mol. The van der Waals surface area contributed by atoms with E-state index >= 15 is 0 Å². The number of halogens is 2. The number of aliphatic hydroxyl groups excluding tert-OH is 1. The van der Waals surface area contributed by atoms with Gasteiger partial charge in [0.25, 0.3) is 11.8 Å². The summed E-state index contributed by atoms with van der Waals surface area (Å²) in [5, 5.41) is 15.6. The molecule has 53 heavy (non-hydrogen) atoms. The van der Waals surface area contributed by atoms with Gasteiger partial charge in [-0.3, -0.25) is 9.59 Å². The molecule has 0 aliphatic carbocycles. The SMILES string of the molecule is CCCCN(CC(O)C(Cc1cc(F)cc(F)c1)NC(=O)c1cc(C(=O)N(CCC)CCC)cc(S(=O)(=O)N(C)C)c1)NS(=O)(=O)Cc1ccccc1. The summed E-state index contributed by atoms with van der Waals surface area (Å²) in [5.74, 6) is -3.45. The Labute approximate surface area is 312 Å². The summed E-state index contributed by atoms with van der Waals surface area (Å²) in [4.78, 5) is 31.4. The Morgan fingerprint density at radius 2 is 1.40 bits per heavy atom. The first-order valence-electron chi connectivity index (χ1n) is 17.6. The highest BCUT2D eigenvalue weighted by Gasteiger charge is 2.29. The number of amides is 2. The number of hydrogen-bond donors (Lipinski definition) is 3. The summed E-state index contributed by atoms with van der Waals surface area (Å²) < 4.78 is 82.3. The molecule has 3 aromatic rings. The molecule has 0 heterocycles. The fraction of sp³-hybridized carbons (Fsp3) is 0.459. The largest absolute Gasteiger partial charge is 0.390 e. The second kappa shape index (κ2) is 20.0. The van der Waals surface area contributed by atoms with Gasteiger partial charge in [0, 0.05) is 57.5 Å². The normalized spacial score (nSPS) is 13.2. The quantitative estimate of drug-likeness (QED) is 0.135. The third-order valence-corrected chi connectivity index (χ3v) is 11.3. The predicted molar refractivity (Wildman–Crippen MR) is 200 cm³/mol. The average molecular weight is 780 g/mol. The molecule has 0 spiro atoms. The number of nitrogens with zero attached hydrogens (tertiary/aromatic N) is 3. The highest BCUT2D eigenvalue weighted by atomic mass is 32.2. The van der Waals surface area contributed by atoms with Gasteiger partial charge in [0.2, 0.25) is 20.0 Å². The molecule has 12 nitrogen and oxygen atoms in total. The van der Waals surface area contributed by atoms with Crippen LogP contribution in [-0.2, 0) is 32.2 Å². The number of nitrogens with one attached hydrogen (secondary N) is 2. The van der Waals surface area contributed by atoms with Crippen molar-refractivity contribution in [1.29, 1.82) is 0 Å². The first kappa shape index (κ1) is 43.6. The molecule has 0 bridgehead atoms. The second-order valence-corrected chi connectivity index (χ2v) is 16.9. The van der Waals surface area contributed by atoms with Crippen LogP contribution in [0.15, 0.2) is 71.6 Å². The van der Waals surface area contributed by atoms with Crippen molar-refractivity contribution in [3.8, 4) is 0 Å². The Morgan fingerprint density at radius 1 is 0.792 bits per heavy atom. The lowest BCUT2D eigenvalue weighted by Gasteiger charge is -2.30. The third kappa shape index (κ3) is 13.2. The lowest BCUT2D eigenvalue weighted by molar-refractivity contribution is 0.0614. The van der Waals surface area contributed by atoms with Crippen LogP contribution in [0.5, 0.6) is 0 Å². The number of sulfonamides is 2. The number of hydrogen-bond acceptors (Lipinski definition) is 8.